The maximum Gasteiger partial charge on any atom is 0.125 e. The third kappa shape index (κ3) is 2.54. The highest BCUT2D eigenvalue weighted by molar-refractivity contribution is 6.30. The first kappa shape index (κ1) is 12.2. The standard InChI is InChI=1S/C14H16ClNO/c1-3-11-6-7-13(17-11)14(16)12-8-10(15)5-4-9(12)2/h4-8,14H,3,16H2,1-2H3. The van der Waals surface area contributed by atoms with Crippen LogP contribution < -0.4 is 5.73 Å². The maximum atomic E-state index is 6.20. The molecule has 0 aliphatic rings. The molecule has 1 aromatic heterocycles. The fraction of sp³-hybridized carbons (Fsp3) is 0.286. The molecule has 3 heteroatoms. The average molecular weight is 250 g/mol. The van der Waals surface area contributed by atoms with Gasteiger partial charge in [-0.15, -0.1) is 0 Å². The summed E-state index contributed by atoms with van der Waals surface area (Å²) in [6.07, 6.45) is 0.876. The number of halogens is 1. The number of nitrogens with two attached hydrogens (primary N) is 1. The Kier molecular flexibility index (Phi) is 3.55. The van der Waals surface area contributed by atoms with Crippen molar-refractivity contribution in [3.8, 4) is 0 Å². The van der Waals surface area contributed by atoms with Crippen molar-refractivity contribution in [3.05, 3.63) is 58.0 Å². The third-order valence-electron chi connectivity index (χ3n) is 2.91. The van der Waals surface area contributed by atoms with Gasteiger partial charge in [-0.2, -0.15) is 0 Å². The lowest BCUT2D eigenvalue weighted by Gasteiger charge is -2.12. The van der Waals surface area contributed by atoms with Gasteiger partial charge in [-0.3, -0.25) is 0 Å². The van der Waals surface area contributed by atoms with Crippen LogP contribution in [0.2, 0.25) is 5.02 Å². The van der Waals surface area contributed by atoms with Gasteiger partial charge in [-0.1, -0.05) is 24.6 Å². The van der Waals surface area contributed by atoms with Gasteiger partial charge in [0, 0.05) is 11.4 Å². The Morgan fingerprint density at radius 2 is 2.06 bits per heavy atom. The zero-order valence-electron chi connectivity index (χ0n) is 10.0. The van der Waals surface area contributed by atoms with Crippen LogP contribution in [-0.4, -0.2) is 0 Å². The second-order valence-corrected chi connectivity index (χ2v) is 4.57. The Morgan fingerprint density at radius 3 is 2.71 bits per heavy atom. The molecule has 1 aromatic carbocycles. The number of hydrogen-bond donors (Lipinski definition) is 1. The van der Waals surface area contributed by atoms with Crippen molar-refractivity contribution in [1.82, 2.24) is 0 Å². The topological polar surface area (TPSA) is 39.2 Å². The SMILES string of the molecule is CCc1ccc(C(N)c2cc(Cl)ccc2C)o1. The van der Waals surface area contributed by atoms with Crippen LogP contribution in [0.25, 0.3) is 0 Å². The zero-order chi connectivity index (χ0) is 12.4. The molecule has 0 spiro atoms. The lowest BCUT2D eigenvalue weighted by Crippen LogP contribution is -2.12. The van der Waals surface area contributed by atoms with E-state index in [1.54, 1.807) is 0 Å². The van der Waals surface area contributed by atoms with Crippen molar-refractivity contribution in [2.45, 2.75) is 26.3 Å². The smallest absolute Gasteiger partial charge is 0.125 e. The van der Waals surface area contributed by atoms with Gasteiger partial charge in [0.25, 0.3) is 0 Å². The van der Waals surface area contributed by atoms with E-state index in [0.717, 1.165) is 29.1 Å². The molecule has 2 rings (SSSR count). The van der Waals surface area contributed by atoms with Crippen LogP contribution in [0.3, 0.4) is 0 Å². The normalized spacial score (nSPS) is 12.7. The molecule has 0 bridgehead atoms. The molecule has 2 nitrogen and oxygen atoms in total. The molecule has 2 N–H and O–H groups in total. The minimum atomic E-state index is -0.256. The Morgan fingerprint density at radius 1 is 1.29 bits per heavy atom. The van der Waals surface area contributed by atoms with E-state index in [1.165, 1.54) is 0 Å². The first-order valence-electron chi connectivity index (χ1n) is 5.72. The van der Waals surface area contributed by atoms with Crippen LogP contribution in [-0.2, 0) is 6.42 Å². The fourth-order valence-corrected chi connectivity index (χ4v) is 2.03. The second kappa shape index (κ2) is 4.94. The molecule has 2 aromatic rings. The Balaban J connectivity index is 2.35. The molecule has 0 saturated carbocycles. The van der Waals surface area contributed by atoms with E-state index in [-0.39, 0.29) is 6.04 Å². The van der Waals surface area contributed by atoms with E-state index in [0.29, 0.717) is 5.02 Å². The van der Waals surface area contributed by atoms with E-state index in [9.17, 15) is 0 Å². The summed E-state index contributed by atoms with van der Waals surface area (Å²) < 4.78 is 5.68. The molecule has 0 fully saturated rings. The van der Waals surface area contributed by atoms with Crippen LogP contribution in [0.15, 0.2) is 34.7 Å². The highest BCUT2D eigenvalue weighted by Gasteiger charge is 2.15. The summed E-state index contributed by atoms with van der Waals surface area (Å²) in [5, 5.41) is 0.698. The average Bonchev–Trinajstić information content (AvgIpc) is 2.80. The Hall–Kier alpha value is -1.25. The predicted octanol–water partition coefficient (Wildman–Crippen LogP) is 3.85. The lowest BCUT2D eigenvalue weighted by atomic mass is 10.0. The summed E-state index contributed by atoms with van der Waals surface area (Å²) in [4.78, 5) is 0. The molecule has 90 valence electrons. The van der Waals surface area contributed by atoms with E-state index in [4.69, 9.17) is 21.8 Å². The van der Waals surface area contributed by atoms with Gasteiger partial charge in [0.15, 0.2) is 0 Å². The fourth-order valence-electron chi connectivity index (χ4n) is 1.85. The maximum absolute atomic E-state index is 6.20. The first-order valence-corrected chi connectivity index (χ1v) is 6.10. The van der Waals surface area contributed by atoms with E-state index in [1.807, 2.05) is 37.3 Å². The van der Waals surface area contributed by atoms with Crippen molar-refractivity contribution in [1.29, 1.82) is 0 Å². The number of hydrogen-bond acceptors (Lipinski definition) is 2. The molecule has 0 amide bonds. The molecule has 0 saturated heterocycles. The van der Waals surface area contributed by atoms with Gasteiger partial charge in [0.1, 0.15) is 11.5 Å². The minimum absolute atomic E-state index is 0.256. The summed E-state index contributed by atoms with van der Waals surface area (Å²) in [5.74, 6) is 1.74. The molecule has 17 heavy (non-hydrogen) atoms. The van der Waals surface area contributed by atoms with Gasteiger partial charge in [-0.05, 0) is 42.3 Å². The summed E-state index contributed by atoms with van der Waals surface area (Å²) in [6, 6.07) is 9.39. The van der Waals surface area contributed by atoms with E-state index >= 15 is 0 Å². The highest BCUT2D eigenvalue weighted by Crippen LogP contribution is 2.26. The highest BCUT2D eigenvalue weighted by atomic mass is 35.5. The Labute approximate surface area is 106 Å². The molecular weight excluding hydrogens is 234 g/mol. The van der Waals surface area contributed by atoms with Crippen molar-refractivity contribution < 1.29 is 4.42 Å². The number of rotatable bonds is 3. The third-order valence-corrected chi connectivity index (χ3v) is 3.15. The van der Waals surface area contributed by atoms with Gasteiger partial charge in [0.2, 0.25) is 0 Å². The largest absolute Gasteiger partial charge is 0.464 e. The second-order valence-electron chi connectivity index (χ2n) is 4.14. The molecular formula is C14H16ClNO. The van der Waals surface area contributed by atoms with Crippen molar-refractivity contribution in [2.75, 3.05) is 0 Å². The van der Waals surface area contributed by atoms with E-state index < -0.39 is 0 Å². The van der Waals surface area contributed by atoms with Crippen molar-refractivity contribution in [2.24, 2.45) is 5.73 Å². The molecule has 0 radical (unpaired) electrons. The monoisotopic (exact) mass is 249 g/mol. The summed E-state index contributed by atoms with van der Waals surface area (Å²) >= 11 is 5.99. The van der Waals surface area contributed by atoms with Gasteiger partial charge < -0.3 is 10.2 Å². The predicted molar refractivity (Wildman–Crippen MR) is 70.3 cm³/mol. The van der Waals surface area contributed by atoms with Crippen molar-refractivity contribution in [3.63, 3.8) is 0 Å². The van der Waals surface area contributed by atoms with Crippen molar-refractivity contribution >= 4 is 11.6 Å². The summed E-state index contributed by atoms with van der Waals surface area (Å²) in [6.45, 7) is 4.08. The van der Waals surface area contributed by atoms with Crippen LogP contribution in [0, 0.1) is 6.92 Å². The van der Waals surface area contributed by atoms with Crippen LogP contribution in [0.5, 0.6) is 0 Å². The van der Waals surface area contributed by atoms with Crippen LogP contribution in [0.4, 0.5) is 0 Å². The number of benzene rings is 1. The zero-order valence-corrected chi connectivity index (χ0v) is 10.8. The number of aryl methyl sites for hydroxylation is 2. The van der Waals surface area contributed by atoms with Gasteiger partial charge in [0.05, 0.1) is 6.04 Å². The van der Waals surface area contributed by atoms with Crippen LogP contribution >= 0.6 is 11.6 Å². The molecule has 0 aliphatic carbocycles. The molecule has 0 aliphatic heterocycles. The minimum Gasteiger partial charge on any atom is -0.464 e. The van der Waals surface area contributed by atoms with Gasteiger partial charge in [-0.25, -0.2) is 0 Å². The summed E-state index contributed by atoms with van der Waals surface area (Å²) in [7, 11) is 0. The Bertz CT molecular complexity index is 519. The molecule has 1 heterocycles. The van der Waals surface area contributed by atoms with Crippen LogP contribution in [0.1, 0.15) is 35.6 Å². The van der Waals surface area contributed by atoms with E-state index in [2.05, 4.69) is 6.92 Å². The first-order chi connectivity index (χ1) is 8.11. The number of furan rings is 1. The van der Waals surface area contributed by atoms with Gasteiger partial charge >= 0.3 is 0 Å². The molecule has 1 unspecified atom stereocenters. The lowest BCUT2D eigenvalue weighted by molar-refractivity contribution is 0.453. The molecule has 1 atom stereocenters. The quantitative estimate of drug-likeness (QED) is 0.897. The summed E-state index contributed by atoms with van der Waals surface area (Å²) in [5.41, 5.74) is 8.33.